The second kappa shape index (κ2) is 9.45. The van der Waals surface area contributed by atoms with Crippen molar-refractivity contribution in [3.63, 3.8) is 0 Å². The number of hydrogen-bond acceptors (Lipinski definition) is 8. The molecule has 4 N–H and O–H groups in total. The Labute approximate surface area is 198 Å². The molecule has 7 atom stereocenters. The molecule has 2 aromatic rings. The minimum absolute atomic E-state index is 0.0170. The van der Waals surface area contributed by atoms with Crippen LogP contribution in [0.4, 0.5) is 0 Å². The molecule has 1 unspecified atom stereocenters. The fourth-order valence-corrected chi connectivity index (χ4v) is 5.40. The first kappa shape index (κ1) is 23.5. The van der Waals surface area contributed by atoms with Crippen LogP contribution in [0.25, 0.3) is 0 Å². The van der Waals surface area contributed by atoms with Gasteiger partial charge in [0, 0.05) is 12.5 Å². The molecule has 0 radical (unpaired) electrons. The zero-order valence-corrected chi connectivity index (χ0v) is 19.4. The standard InChI is InChI=1S/C26H32O8/c1-13-5-16-7-17(9-27)19(10-31-26-25(30)24(29)20(28)11-32-26)23(18(16)6-14(13)2)15-3-4-21-22(8-15)34-12-33-21/h3-6,8,17,19-20,23-30H,7,9-12H2,1-2H3/t17-,19-,20-,23?,24+,25-,26-/m1/s1. The van der Waals surface area contributed by atoms with Gasteiger partial charge in [0.2, 0.25) is 6.79 Å². The van der Waals surface area contributed by atoms with E-state index in [1.807, 2.05) is 18.2 Å². The summed E-state index contributed by atoms with van der Waals surface area (Å²) in [4.78, 5) is 0. The Kier molecular flexibility index (Phi) is 6.54. The van der Waals surface area contributed by atoms with E-state index < -0.39 is 24.6 Å². The SMILES string of the molecule is Cc1cc2c(cc1C)C(c1ccc3c(c1)OCO3)[C@H](CO[C@@H]1OC[C@@H](O)[C@H](O)[C@H]1O)[C@@H](CO)C2. The molecule has 8 heteroatoms. The smallest absolute Gasteiger partial charge is 0.231 e. The molecule has 0 aromatic heterocycles. The molecule has 2 heterocycles. The van der Waals surface area contributed by atoms with Gasteiger partial charge < -0.3 is 39.4 Å². The van der Waals surface area contributed by atoms with E-state index >= 15 is 0 Å². The molecule has 1 fully saturated rings. The maximum absolute atomic E-state index is 10.3. The zero-order valence-electron chi connectivity index (χ0n) is 19.4. The average molecular weight is 473 g/mol. The lowest BCUT2D eigenvalue weighted by molar-refractivity contribution is -0.274. The minimum atomic E-state index is -1.36. The van der Waals surface area contributed by atoms with Gasteiger partial charge >= 0.3 is 0 Å². The van der Waals surface area contributed by atoms with Crippen LogP contribution >= 0.6 is 0 Å². The number of hydrogen-bond donors (Lipinski definition) is 4. The van der Waals surface area contributed by atoms with Crippen molar-refractivity contribution in [2.45, 2.75) is 50.8 Å². The number of fused-ring (bicyclic) bond motifs is 2. The lowest BCUT2D eigenvalue weighted by Gasteiger charge is -2.41. The summed E-state index contributed by atoms with van der Waals surface area (Å²) in [5.74, 6) is 1.10. The van der Waals surface area contributed by atoms with Gasteiger partial charge in [-0.05, 0) is 72.1 Å². The Hall–Kier alpha value is -2.20. The van der Waals surface area contributed by atoms with E-state index in [0.29, 0.717) is 17.9 Å². The van der Waals surface area contributed by atoms with Crippen molar-refractivity contribution < 1.29 is 39.4 Å². The van der Waals surface area contributed by atoms with E-state index in [0.717, 1.165) is 5.56 Å². The Bertz CT molecular complexity index is 1040. The van der Waals surface area contributed by atoms with Crippen LogP contribution < -0.4 is 9.47 Å². The number of benzene rings is 2. The van der Waals surface area contributed by atoms with Gasteiger partial charge in [-0.25, -0.2) is 0 Å². The number of aliphatic hydroxyl groups is 4. The molecule has 2 aromatic carbocycles. The third-order valence-electron chi connectivity index (χ3n) is 7.50. The van der Waals surface area contributed by atoms with Gasteiger partial charge in [-0.3, -0.25) is 0 Å². The van der Waals surface area contributed by atoms with E-state index in [2.05, 4.69) is 26.0 Å². The van der Waals surface area contributed by atoms with E-state index in [9.17, 15) is 20.4 Å². The predicted octanol–water partition coefficient (Wildman–Crippen LogP) is 1.40. The molecule has 1 aliphatic carbocycles. The van der Waals surface area contributed by atoms with E-state index in [1.165, 1.54) is 22.3 Å². The molecule has 0 saturated carbocycles. The quantitative estimate of drug-likeness (QED) is 0.516. The first-order valence-electron chi connectivity index (χ1n) is 11.7. The minimum Gasteiger partial charge on any atom is -0.454 e. The Balaban J connectivity index is 1.50. The van der Waals surface area contributed by atoms with Gasteiger partial charge in [-0.1, -0.05) is 18.2 Å². The molecule has 5 rings (SSSR count). The summed E-state index contributed by atoms with van der Waals surface area (Å²) in [5.41, 5.74) is 5.81. The van der Waals surface area contributed by atoms with Crippen molar-refractivity contribution in [2.24, 2.45) is 11.8 Å². The molecule has 8 nitrogen and oxygen atoms in total. The molecule has 0 bridgehead atoms. The Morgan fingerprint density at radius 3 is 2.53 bits per heavy atom. The molecular weight excluding hydrogens is 440 g/mol. The van der Waals surface area contributed by atoms with Crippen LogP contribution in [0.15, 0.2) is 30.3 Å². The second-order valence-corrected chi connectivity index (χ2v) is 9.62. The number of ether oxygens (including phenoxy) is 4. The second-order valence-electron chi connectivity index (χ2n) is 9.62. The monoisotopic (exact) mass is 472 g/mol. The molecular formula is C26H32O8. The lowest BCUT2D eigenvalue weighted by Crippen LogP contribution is -2.54. The summed E-state index contributed by atoms with van der Waals surface area (Å²) in [6.45, 7) is 4.43. The fourth-order valence-electron chi connectivity index (χ4n) is 5.40. The number of rotatable bonds is 5. The molecule has 184 valence electrons. The van der Waals surface area contributed by atoms with E-state index in [1.54, 1.807) is 0 Å². The predicted molar refractivity (Wildman–Crippen MR) is 122 cm³/mol. The van der Waals surface area contributed by atoms with E-state index in [4.69, 9.17) is 18.9 Å². The van der Waals surface area contributed by atoms with Crippen LogP contribution in [0.5, 0.6) is 11.5 Å². The maximum Gasteiger partial charge on any atom is 0.231 e. The highest BCUT2D eigenvalue weighted by Gasteiger charge is 2.42. The highest BCUT2D eigenvalue weighted by molar-refractivity contribution is 5.51. The highest BCUT2D eigenvalue weighted by Crippen LogP contribution is 2.47. The third-order valence-corrected chi connectivity index (χ3v) is 7.50. The van der Waals surface area contributed by atoms with Gasteiger partial charge in [-0.15, -0.1) is 0 Å². The van der Waals surface area contributed by atoms with Gasteiger partial charge in [0.25, 0.3) is 0 Å². The summed E-state index contributed by atoms with van der Waals surface area (Å²) < 4.78 is 22.6. The van der Waals surface area contributed by atoms with Gasteiger partial charge in [-0.2, -0.15) is 0 Å². The summed E-state index contributed by atoms with van der Waals surface area (Å²) in [6.07, 6.45) is -4.21. The topological polar surface area (TPSA) is 118 Å². The van der Waals surface area contributed by atoms with Crippen LogP contribution in [0, 0.1) is 25.7 Å². The van der Waals surface area contributed by atoms with Crippen LogP contribution in [0.1, 0.15) is 33.7 Å². The van der Waals surface area contributed by atoms with Crippen molar-refractivity contribution in [3.8, 4) is 11.5 Å². The molecule has 3 aliphatic rings. The van der Waals surface area contributed by atoms with Crippen molar-refractivity contribution in [3.05, 3.63) is 58.1 Å². The van der Waals surface area contributed by atoms with Crippen molar-refractivity contribution in [1.82, 2.24) is 0 Å². The van der Waals surface area contributed by atoms with E-state index in [-0.39, 0.29) is 44.4 Å². The van der Waals surface area contributed by atoms with Crippen LogP contribution in [-0.2, 0) is 15.9 Å². The average Bonchev–Trinajstić information content (AvgIpc) is 3.30. The van der Waals surface area contributed by atoms with Crippen LogP contribution in [0.3, 0.4) is 0 Å². The normalized spacial score (nSPS) is 32.5. The van der Waals surface area contributed by atoms with Gasteiger partial charge in [0.15, 0.2) is 17.8 Å². The zero-order chi connectivity index (χ0) is 24.0. The Morgan fingerprint density at radius 2 is 1.74 bits per heavy atom. The van der Waals surface area contributed by atoms with Crippen LogP contribution in [-0.4, -0.2) is 71.6 Å². The summed E-state index contributed by atoms with van der Waals surface area (Å²) in [5, 5.41) is 40.5. The van der Waals surface area contributed by atoms with Gasteiger partial charge in [0.05, 0.1) is 13.2 Å². The Morgan fingerprint density at radius 1 is 0.971 bits per heavy atom. The third kappa shape index (κ3) is 4.19. The van der Waals surface area contributed by atoms with Crippen LogP contribution in [0.2, 0.25) is 0 Å². The molecule has 0 amide bonds. The lowest BCUT2D eigenvalue weighted by atomic mass is 9.66. The molecule has 1 saturated heterocycles. The fraction of sp³-hybridized carbons (Fsp3) is 0.538. The van der Waals surface area contributed by atoms with Gasteiger partial charge in [0.1, 0.15) is 18.3 Å². The number of aryl methyl sites for hydroxylation is 2. The highest BCUT2D eigenvalue weighted by atomic mass is 16.7. The largest absolute Gasteiger partial charge is 0.454 e. The summed E-state index contributed by atoms with van der Waals surface area (Å²) >= 11 is 0. The summed E-state index contributed by atoms with van der Waals surface area (Å²) in [6, 6.07) is 10.3. The van der Waals surface area contributed by atoms with Crippen molar-refractivity contribution in [2.75, 3.05) is 26.6 Å². The summed E-state index contributed by atoms with van der Waals surface area (Å²) in [7, 11) is 0. The maximum atomic E-state index is 10.3. The number of aliphatic hydroxyl groups excluding tert-OH is 4. The first-order valence-corrected chi connectivity index (χ1v) is 11.7. The van der Waals surface area contributed by atoms with Crippen molar-refractivity contribution >= 4 is 0 Å². The molecule has 34 heavy (non-hydrogen) atoms. The molecule has 2 aliphatic heterocycles. The first-order chi connectivity index (χ1) is 16.4. The van der Waals surface area contributed by atoms with Crippen molar-refractivity contribution in [1.29, 1.82) is 0 Å². The molecule has 0 spiro atoms.